The van der Waals surface area contributed by atoms with Gasteiger partial charge in [-0.15, -0.1) is 0 Å². The van der Waals surface area contributed by atoms with E-state index in [9.17, 15) is 9.59 Å². The maximum Gasteiger partial charge on any atom is 0.217 e. The van der Waals surface area contributed by atoms with Gasteiger partial charge in [-0.2, -0.15) is 0 Å². The van der Waals surface area contributed by atoms with E-state index >= 15 is 0 Å². The zero-order chi connectivity index (χ0) is 10.4. The summed E-state index contributed by atoms with van der Waals surface area (Å²) in [6.07, 6.45) is 3.72. The van der Waals surface area contributed by atoms with Gasteiger partial charge in [0.1, 0.15) is 5.78 Å². The third-order valence-electron chi connectivity index (χ3n) is 2.56. The van der Waals surface area contributed by atoms with E-state index < -0.39 is 0 Å². The molecule has 1 rings (SSSR count). The Balaban J connectivity index is 2.02. The molecule has 4 nitrogen and oxygen atoms in total. The molecule has 0 aromatic heterocycles. The lowest BCUT2D eigenvalue weighted by Gasteiger charge is -2.25. The van der Waals surface area contributed by atoms with Crippen LogP contribution in [0.1, 0.15) is 32.1 Å². The van der Waals surface area contributed by atoms with Crippen LogP contribution in [0.2, 0.25) is 0 Å². The summed E-state index contributed by atoms with van der Waals surface area (Å²) in [5, 5.41) is 0. The summed E-state index contributed by atoms with van der Waals surface area (Å²) >= 11 is 0. The normalized spacial score (nSPS) is 18.4. The first-order chi connectivity index (χ1) is 6.68. The highest BCUT2D eigenvalue weighted by Crippen LogP contribution is 2.07. The molecule has 0 radical (unpaired) electrons. The first-order valence-corrected chi connectivity index (χ1v) is 5.21. The molecule has 1 amide bonds. The fraction of sp³-hybridized carbons (Fsp3) is 0.800. The molecule has 1 heterocycles. The highest BCUT2D eigenvalue weighted by Gasteiger charge is 2.14. The third-order valence-corrected chi connectivity index (χ3v) is 2.56. The molecule has 0 saturated carbocycles. The van der Waals surface area contributed by atoms with Crippen molar-refractivity contribution >= 4 is 11.7 Å². The van der Waals surface area contributed by atoms with Crippen LogP contribution in [0.3, 0.4) is 0 Å². The number of unbranched alkanes of at least 4 members (excludes halogenated alkanes) is 1. The molecule has 4 heteroatoms. The molecule has 0 aliphatic carbocycles. The van der Waals surface area contributed by atoms with Gasteiger partial charge in [-0.1, -0.05) is 0 Å². The van der Waals surface area contributed by atoms with Crippen LogP contribution < -0.4 is 5.73 Å². The Morgan fingerprint density at radius 1 is 1.29 bits per heavy atom. The standard InChI is InChI=1S/C10H18N2O2/c11-10(14)3-1-2-6-12-7-4-9(13)5-8-12/h1-8H2,(H2,11,14). The Morgan fingerprint density at radius 2 is 1.93 bits per heavy atom. The van der Waals surface area contributed by atoms with Gasteiger partial charge in [-0.3, -0.25) is 9.59 Å². The number of nitrogens with zero attached hydrogens (tertiary/aromatic N) is 1. The van der Waals surface area contributed by atoms with Gasteiger partial charge in [0.05, 0.1) is 0 Å². The third kappa shape index (κ3) is 4.37. The summed E-state index contributed by atoms with van der Waals surface area (Å²) < 4.78 is 0. The number of nitrogens with two attached hydrogens (primary N) is 1. The molecule has 0 aromatic rings. The lowest BCUT2D eigenvalue weighted by atomic mass is 10.1. The van der Waals surface area contributed by atoms with Crippen molar-refractivity contribution in [1.29, 1.82) is 0 Å². The van der Waals surface area contributed by atoms with Crippen LogP contribution >= 0.6 is 0 Å². The molecule has 1 fully saturated rings. The molecule has 0 spiro atoms. The number of primary amides is 1. The van der Waals surface area contributed by atoms with Crippen molar-refractivity contribution in [2.24, 2.45) is 5.73 Å². The number of piperidine rings is 1. The van der Waals surface area contributed by atoms with Crippen LogP contribution in [0, 0.1) is 0 Å². The number of Topliss-reactive ketones (excluding diaryl/α,β-unsaturated/α-hetero) is 1. The predicted octanol–water partition coefficient (Wildman–Crippen LogP) is 0.307. The van der Waals surface area contributed by atoms with Gasteiger partial charge in [0.25, 0.3) is 0 Å². The number of hydrogen-bond donors (Lipinski definition) is 1. The predicted molar refractivity (Wildman–Crippen MR) is 53.7 cm³/mol. The number of carbonyl (C=O) groups is 2. The molecule has 0 aromatic carbocycles. The number of hydrogen-bond acceptors (Lipinski definition) is 3. The number of amides is 1. The van der Waals surface area contributed by atoms with E-state index in [4.69, 9.17) is 5.73 Å². The monoisotopic (exact) mass is 198 g/mol. The zero-order valence-electron chi connectivity index (χ0n) is 8.50. The summed E-state index contributed by atoms with van der Waals surface area (Å²) in [4.78, 5) is 23.7. The maximum atomic E-state index is 10.9. The summed E-state index contributed by atoms with van der Waals surface area (Å²) in [6.45, 7) is 2.76. The van der Waals surface area contributed by atoms with Crippen LogP contribution in [0.5, 0.6) is 0 Å². The Bertz CT molecular complexity index is 206. The first kappa shape index (κ1) is 11.2. The van der Waals surface area contributed by atoms with Gasteiger partial charge < -0.3 is 10.6 Å². The van der Waals surface area contributed by atoms with Crippen molar-refractivity contribution in [3.05, 3.63) is 0 Å². The molecule has 0 unspecified atom stereocenters. The molecular weight excluding hydrogens is 180 g/mol. The van der Waals surface area contributed by atoms with Gasteiger partial charge in [0.15, 0.2) is 0 Å². The van der Waals surface area contributed by atoms with E-state index in [1.54, 1.807) is 0 Å². The summed E-state index contributed by atoms with van der Waals surface area (Å²) in [5.41, 5.74) is 5.03. The van der Waals surface area contributed by atoms with Crippen LogP contribution in [0.4, 0.5) is 0 Å². The largest absolute Gasteiger partial charge is 0.370 e. The molecule has 80 valence electrons. The number of carbonyl (C=O) groups excluding carboxylic acids is 2. The van der Waals surface area contributed by atoms with E-state index in [2.05, 4.69) is 4.90 Å². The van der Waals surface area contributed by atoms with Crippen molar-refractivity contribution < 1.29 is 9.59 Å². The minimum atomic E-state index is -0.223. The van der Waals surface area contributed by atoms with Gasteiger partial charge in [0.2, 0.25) is 5.91 Å². The van der Waals surface area contributed by atoms with E-state index in [-0.39, 0.29) is 5.91 Å². The second kappa shape index (κ2) is 5.75. The molecule has 0 bridgehead atoms. The Kier molecular flexibility index (Phi) is 4.59. The number of rotatable bonds is 5. The number of likely N-dealkylation sites (tertiary alicyclic amines) is 1. The molecule has 1 aliphatic rings. The molecule has 1 aliphatic heterocycles. The van der Waals surface area contributed by atoms with Crippen molar-refractivity contribution in [3.8, 4) is 0 Å². The van der Waals surface area contributed by atoms with Gasteiger partial charge in [-0.05, 0) is 19.4 Å². The number of ketones is 1. The molecule has 14 heavy (non-hydrogen) atoms. The first-order valence-electron chi connectivity index (χ1n) is 5.21. The molecular formula is C10H18N2O2. The van der Waals surface area contributed by atoms with E-state index in [0.29, 0.717) is 25.0 Å². The topological polar surface area (TPSA) is 63.4 Å². The van der Waals surface area contributed by atoms with E-state index in [1.165, 1.54) is 0 Å². The Hall–Kier alpha value is -0.900. The zero-order valence-corrected chi connectivity index (χ0v) is 8.50. The fourth-order valence-corrected chi connectivity index (χ4v) is 1.66. The second-order valence-corrected chi connectivity index (χ2v) is 3.80. The minimum absolute atomic E-state index is 0.223. The van der Waals surface area contributed by atoms with Crippen molar-refractivity contribution in [3.63, 3.8) is 0 Å². The fourth-order valence-electron chi connectivity index (χ4n) is 1.66. The Morgan fingerprint density at radius 3 is 2.50 bits per heavy atom. The van der Waals surface area contributed by atoms with Crippen molar-refractivity contribution in [2.75, 3.05) is 19.6 Å². The highest BCUT2D eigenvalue weighted by molar-refractivity contribution is 5.79. The van der Waals surface area contributed by atoms with E-state index in [1.807, 2.05) is 0 Å². The summed E-state index contributed by atoms with van der Waals surface area (Å²) in [5.74, 6) is 0.150. The van der Waals surface area contributed by atoms with Crippen molar-refractivity contribution in [2.45, 2.75) is 32.1 Å². The molecule has 1 saturated heterocycles. The Labute approximate surface area is 84.4 Å². The summed E-state index contributed by atoms with van der Waals surface area (Å²) in [7, 11) is 0. The lowest BCUT2D eigenvalue weighted by molar-refractivity contribution is -0.121. The second-order valence-electron chi connectivity index (χ2n) is 3.80. The summed E-state index contributed by atoms with van der Waals surface area (Å²) in [6, 6.07) is 0. The van der Waals surface area contributed by atoms with Gasteiger partial charge in [-0.25, -0.2) is 0 Å². The molecule has 2 N–H and O–H groups in total. The minimum Gasteiger partial charge on any atom is -0.370 e. The highest BCUT2D eigenvalue weighted by atomic mass is 16.1. The van der Waals surface area contributed by atoms with E-state index in [0.717, 1.165) is 32.5 Å². The van der Waals surface area contributed by atoms with Gasteiger partial charge >= 0.3 is 0 Å². The van der Waals surface area contributed by atoms with Crippen molar-refractivity contribution in [1.82, 2.24) is 4.90 Å². The van der Waals surface area contributed by atoms with Crippen LogP contribution in [0.15, 0.2) is 0 Å². The van der Waals surface area contributed by atoms with Crippen LogP contribution in [-0.4, -0.2) is 36.2 Å². The van der Waals surface area contributed by atoms with Gasteiger partial charge in [0, 0.05) is 32.4 Å². The maximum absolute atomic E-state index is 10.9. The van der Waals surface area contributed by atoms with Crippen LogP contribution in [-0.2, 0) is 9.59 Å². The average Bonchev–Trinajstić information content (AvgIpc) is 2.15. The van der Waals surface area contributed by atoms with Crippen LogP contribution in [0.25, 0.3) is 0 Å². The molecule has 0 atom stereocenters. The lowest BCUT2D eigenvalue weighted by Crippen LogP contribution is -2.34. The quantitative estimate of drug-likeness (QED) is 0.646. The SMILES string of the molecule is NC(=O)CCCCN1CCC(=O)CC1. The average molecular weight is 198 g/mol. The smallest absolute Gasteiger partial charge is 0.217 e.